The van der Waals surface area contributed by atoms with E-state index in [9.17, 15) is 21.2 Å². The summed E-state index contributed by atoms with van der Waals surface area (Å²) in [5.41, 5.74) is 4.79. The molecule has 3 rings (SSSR count). The summed E-state index contributed by atoms with van der Waals surface area (Å²) in [6.07, 6.45) is 0. The van der Waals surface area contributed by atoms with Crippen LogP contribution in [0.15, 0.2) is 52.3 Å². The second kappa shape index (κ2) is 4.18. The first-order valence-electron chi connectivity index (χ1n) is 5.71. The molecule has 9 heteroatoms. The van der Waals surface area contributed by atoms with Gasteiger partial charge in [-0.25, -0.2) is 4.39 Å². The molecule has 21 heavy (non-hydrogen) atoms. The van der Waals surface area contributed by atoms with E-state index in [1.165, 1.54) is 24.3 Å². The lowest BCUT2D eigenvalue weighted by atomic mass is 10.3. The molecule has 0 unspecified atom stereocenters. The molecule has 0 bridgehead atoms. The summed E-state index contributed by atoms with van der Waals surface area (Å²) in [5, 5.41) is 0. The average Bonchev–Trinajstić information content (AvgIpc) is 2.58. The van der Waals surface area contributed by atoms with Crippen LogP contribution in [0.1, 0.15) is 0 Å². The van der Waals surface area contributed by atoms with Gasteiger partial charge in [0.25, 0.3) is 20.0 Å². The van der Waals surface area contributed by atoms with Gasteiger partial charge in [0.2, 0.25) is 0 Å². The number of nitrogens with zero attached hydrogens (tertiary/aromatic N) is 1. The molecular formula is C12H9FN2O4S2. The predicted octanol–water partition coefficient (Wildman–Crippen LogP) is 1.31. The van der Waals surface area contributed by atoms with Crippen molar-refractivity contribution in [2.75, 3.05) is 9.44 Å². The molecule has 2 aromatic rings. The van der Waals surface area contributed by atoms with Crippen LogP contribution in [0, 0.1) is 5.82 Å². The van der Waals surface area contributed by atoms with Crippen molar-refractivity contribution in [2.45, 2.75) is 9.79 Å². The van der Waals surface area contributed by atoms with Crippen molar-refractivity contribution in [1.29, 1.82) is 0 Å². The smallest absolute Gasteiger partial charge is 0.279 e. The molecule has 1 aliphatic rings. The molecule has 1 heterocycles. The first-order chi connectivity index (χ1) is 9.76. The van der Waals surface area contributed by atoms with Crippen molar-refractivity contribution in [1.82, 2.24) is 0 Å². The molecule has 2 N–H and O–H groups in total. The molecule has 0 saturated heterocycles. The first kappa shape index (κ1) is 13.8. The maximum Gasteiger partial charge on any atom is 0.279 e. The fraction of sp³-hybridized carbons (Fsp3) is 0. The number of benzene rings is 2. The summed E-state index contributed by atoms with van der Waals surface area (Å²) in [6.45, 7) is 0. The highest BCUT2D eigenvalue weighted by Gasteiger charge is 2.47. The van der Waals surface area contributed by atoms with Crippen molar-refractivity contribution in [3.05, 3.63) is 48.3 Å². The number of anilines is 2. The highest BCUT2D eigenvalue weighted by molar-refractivity contribution is 8.12. The standard InChI is InChI=1S/C12H9FN2O4S2/c13-9-7-8(5-6-10(9)14)15-20(16,17)11-3-1-2-4-12(11)21(15,18)19/h1-7H,14H2. The molecule has 0 spiro atoms. The number of halogens is 1. The minimum Gasteiger partial charge on any atom is -0.396 e. The second-order valence-electron chi connectivity index (χ2n) is 4.36. The number of nitrogens with two attached hydrogens (primary N) is 1. The van der Waals surface area contributed by atoms with Crippen molar-refractivity contribution in [2.24, 2.45) is 0 Å². The normalized spacial score (nSPS) is 18.4. The Kier molecular flexibility index (Phi) is 2.76. The Morgan fingerprint density at radius 3 is 1.90 bits per heavy atom. The quantitative estimate of drug-likeness (QED) is 0.796. The monoisotopic (exact) mass is 328 g/mol. The maximum absolute atomic E-state index is 13.5. The average molecular weight is 328 g/mol. The van der Waals surface area contributed by atoms with E-state index >= 15 is 0 Å². The zero-order valence-electron chi connectivity index (χ0n) is 10.4. The van der Waals surface area contributed by atoms with Crippen LogP contribution in [0.5, 0.6) is 0 Å². The molecule has 6 nitrogen and oxygen atoms in total. The number of hydrogen-bond donors (Lipinski definition) is 1. The van der Waals surface area contributed by atoms with Gasteiger partial charge in [0.05, 0.1) is 11.4 Å². The molecule has 2 aromatic carbocycles. The van der Waals surface area contributed by atoms with E-state index in [0.717, 1.165) is 18.2 Å². The van der Waals surface area contributed by atoms with Gasteiger partial charge in [-0.05, 0) is 24.3 Å². The molecule has 0 amide bonds. The molecular weight excluding hydrogens is 319 g/mol. The molecule has 0 atom stereocenters. The van der Waals surface area contributed by atoms with Crippen LogP contribution in [-0.4, -0.2) is 16.8 Å². The SMILES string of the molecule is Nc1ccc(N2S(=O)(=O)c3ccccc3S2(=O)=O)cc1F. The van der Waals surface area contributed by atoms with Crippen LogP contribution in [-0.2, 0) is 20.0 Å². The van der Waals surface area contributed by atoms with Gasteiger partial charge in [-0.2, -0.15) is 20.5 Å². The lowest BCUT2D eigenvalue weighted by molar-refractivity contribution is 0.593. The topological polar surface area (TPSA) is 97.5 Å². The Bertz CT molecular complexity index is 902. The van der Waals surface area contributed by atoms with E-state index in [2.05, 4.69) is 0 Å². The van der Waals surface area contributed by atoms with Crippen molar-refractivity contribution in [3.63, 3.8) is 0 Å². The Morgan fingerprint density at radius 2 is 1.43 bits per heavy atom. The minimum absolute atomic E-state index is 0.203. The molecule has 0 fully saturated rings. The van der Waals surface area contributed by atoms with Crippen LogP contribution in [0.2, 0.25) is 0 Å². The summed E-state index contributed by atoms with van der Waals surface area (Å²) >= 11 is 0. The van der Waals surface area contributed by atoms with E-state index in [4.69, 9.17) is 5.73 Å². The Labute approximate surface area is 120 Å². The minimum atomic E-state index is -4.30. The fourth-order valence-corrected chi connectivity index (χ4v) is 6.52. The number of rotatable bonds is 1. The maximum atomic E-state index is 13.5. The zero-order valence-corrected chi connectivity index (χ0v) is 12.0. The third-order valence-corrected chi connectivity index (χ3v) is 7.46. The predicted molar refractivity (Wildman–Crippen MR) is 74.1 cm³/mol. The Balaban J connectivity index is 2.33. The van der Waals surface area contributed by atoms with Crippen LogP contribution < -0.4 is 9.44 Å². The van der Waals surface area contributed by atoms with Crippen molar-refractivity contribution >= 4 is 31.4 Å². The van der Waals surface area contributed by atoms with E-state index in [1.54, 1.807) is 0 Å². The van der Waals surface area contributed by atoms with Gasteiger partial charge in [-0.3, -0.25) is 0 Å². The third kappa shape index (κ3) is 1.81. The lowest BCUT2D eigenvalue weighted by Crippen LogP contribution is -2.30. The third-order valence-electron chi connectivity index (χ3n) is 3.04. The van der Waals surface area contributed by atoms with Gasteiger partial charge in [0.15, 0.2) is 0 Å². The van der Waals surface area contributed by atoms with Crippen LogP contribution >= 0.6 is 0 Å². The van der Waals surface area contributed by atoms with Crippen molar-refractivity contribution in [3.8, 4) is 0 Å². The lowest BCUT2D eigenvalue weighted by Gasteiger charge is -2.16. The molecule has 0 aromatic heterocycles. The molecule has 110 valence electrons. The van der Waals surface area contributed by atoms with Crippen molar-refractivity contribution < 1.29 is 21.2 Å². The first-order valence-corrected chi connectivity index (χ1v) is 8.59. The number of hydrogen-bond acceptors (Lipinski definition) is 5. The second-order valence-corrected chi connectivity index (χ2v) is 8.10. The highest BCUT2D eigenvalue weighted by Crippen LogP contribution is 2.40. The summed E-state index contributed by atoms with van der Waals surface area (Å²) in [5.74, 6) is -0.895. The summed E-state index contributed by atoms with van der Waals surface area (Å²) in [4.78, 5) is -0.663. The van der Waals surface area contributed by atoms with E-state index < -0.39 is 25.9 Å². The van der Waals surface area contributed by atoms with E-state index in [-0.39, 0.29) is 24.9 Å². The van der Waals surface area contributed by atoms with E-state index in [1.807, 2.05) is 0 Å². The molecule has 0 radical (unpaired) electrons. The molecule has 0 aliphatic carbocycles. The number of fused-ring (bicyclic) bond motifs is 1. The summed E-state index contributed by atoms with van der Waals surface area (Å²) in [7, 11) is -8.60. The Hall–Kier alpha value is -2.13. The largest absolute Gasteiger partial charge is 0.396 e. The van der Waals surface area contributed by atoms with Gasteiger partial charge in [0, 0.05) is 6.07 Å². The number of sulfonamides is 2. The van der Waals surface area contributed by atoms with Gasteiger partial charge >= 0.3 is 0 Å². The van der Waals surface area contributed by atoms with Gasteiger partial charge in [-0.1, -0.05) is 12.1 Å². The summed E-state index contributed by atoms with van der Waals surface area (Å²) in [6, 6.07) is 8.23. The van der Waals surface area contributed by atoms with Gasteiger partial charge in [0.1, 0.15) is 15.6 Å². The summed E-state index contributed by atoms with van der Waals surface area (Å²) < 4.78 is 63.3. The molecule has 1 aliphatic heterocycles. The van der Waals surface area contributed by atoms with E-state index in [0.29, 0.717) is 0 Å². The zero-order chi connectivity index (χ0) is 15.4. The van der Waals surface area contributed by atoms with Gasteiger partial charge in [-0.15, -0.1) is 0 Å². The Morgan fingerprint density at radius 1 is 0.905 bits per heavy atom. The fourth-order valence-electron chi connectivity index (χ4n) is 2.09. The van der Waals surface area contributed by atoms with Crippen LogP contribution in [0.4, 0.5) is 15.8 Å². The van der Waals surface area contributed by atoms with Crippen LogP contribution in [0.25, 0.3) is 0 Å². The van der Waals surface area contributed by atoms with Crippen LogP contribution in [0.3, 0.4) is 0 Å². The molecule has 0 saturated carbocycles. The van der Waals surface area contributed by atoms with Gasteiger partial charge < -0.3 is 5.73 Å². The number of nitrogen functional groups attached to an aromatic ring is 1. The highest BCUT2D eigenvalue weighted by atomic mass is 32.3.